The van der Waals surface area contributed by atoms with Crippen molar-refractivity contribution in [2.75, 3.05) is 26.6 Å². The van der Waals surface area contributed by atoms with Gasteiger partial charge < -0.3 is 14.2 Å². The summed E-state index contributed by atoms with van der Waals surface area (Å²) >= 11 is 0. The fraction of sp³-hybridized carbons (Fsp3) is 0.571. The molecular formula is C28H36F4O3. The Hall–Kier alpha value is -2.44. The van der Waals surface area contributed by atoms with Crippen LogP contribution in [-0.4, -0.2) is 32.7 Å². The van der Waals surface area contributed by atoms with Gasteiger partial charge in [0, 0.05) is 0 Å². The Balaban J connectivity index is 1.58. The van der Waals surface area contributed by atoms with Crippen molar-refractivity contribution in [2.24, 2.45) is 5.92 Å². The van der Waals surface area contributed by atoms with Crippen LogP contribution >= 0.6 is 0 Å². The van der Waals surface area contributed by atoms with Gasteiger partial charge in [0.1, 0.15) is 32.3 Å². The number of aryl methyl sites for hydroxylation is 1. The van der Waals surface area contributed by atoms with Crippen LogP contribution in [0.2, 0.25) is 0 Å². The van der Waals surface area contributed by atoms with E-state index in [1.54, 1.807) is 30.3 Å². The van der Waals surface area contributed by atoms with E-state index in [1.165, 1.54) is 31.2 Å². The molecule has 1 fully saturated rings. The lowest BCUT2D eigenvalue weighted by molar-refractivity contribution is -0.180. The highest BCUT2D eigenvalue weighted by Gasteiger charge is 2.32. The summed E-state index contributed by atoms with van der Waals surface area (Å²) in [4.78, 5) is 0. The highest BCUT2D eigenvalue weighted by atomic mass is 19.3. The van der Waals surface area contributed by atoms with Crippen LogP contribution in [0, 0.1) is 5.92 Å². The Bertz CT molecular complexity index is 880. The van der Waals surface area contributed by atoms with E-state index in [0.717, 1.165) is 18.8 Å². The maximum absolute atomic E-state index is 14.6. The average Bonchev–Trinajstić information content (AvgIpc) is 2.86. The molecule has 1 saturated carbocycles. The van der Waals surface area contributed by atoms with E-state index in [1.807, 2.05) is 12.1 Å². The van der Waals surface area contributed by atoms with Crippen LogP contribution in [0.4, 0.5) is 17.6 Å². The second-order valence-electron chi connectivity index (χ2n) is 9.13. The molecule has 1 aliphatic rings. The predicted octanol–water partition coefficient (Wildman–Crippen LogP) is 8.06. The topological polar surface area (TPSA) is 27.7 Å². The molecule has 0 heterocycles. The van der Waals surface area contributed by atoms with E-state index in [4.69, 9.17) is 14.2 Å². The van der Waals surface area contributed by atoms with Gasteiger partial charge in [-0.1, -0.05) is 44.0 Å². The van der Waals surface area contributed by atoms with Crippen LogP contribution in [0.5, 0.6) is 17.2 Å². The Labute approximate surface area is 205 Å². The van der Waals surface area contributed by atoms with Gasteiger partial charge >= 0.3 is 6.11 Å². The number of alkyl halides is 4. The standard InChI is InChI=1S/C28H36F4O3/c1-2-4-21-7-9-22(10-8-21)23-11-13-25(14-12-23)35-28(31,32)16-15-24-5-3-6-26(33-19-17-29)27(24)34-20-18-30/h3,5-6,11-14,21-22H,2,4,7-10,15-20H2,1H3. The first-order valence-corrected chi connectivity index (χ1v) is 12.6. The Kier molecular flexibility index (Phi) is 10.5. The van der Waals surface area contributed by atoms with Crippen molar-refractivity contribution in [1.82, 2.24) is 0 Å². The molecule has 2 aromatic rings. The van der Waals surface area contributed by atoms with Gasteiger partial charge in [0.05, 0.1) is 6.42 Å². The van der Waals surface area contributed by atoms with Crippen molar-refractivity contribution < 1.29 is 31.8 Å². The first-order valence-electron chi connectivity index (χ1n) is 12.6. The van der Waals surface area contributed by atoms with E-state index in [0.29, 0.717) is 11.5 Å². The quantitative estimate of drug-likeness (QED) is 0.248. The molecule has 3 nitrogen and oxygen atoms in total. The number of ether oxygens (including phenoxy) is 3. The largest absolute Gasteiger partial charge is 0.487 e. The number of benzene rings is 2. The molecule has 0 radical (unpaired) electrons. The van der Waals surface area contributed by atoms with E-state index >= 15 is 0 Å². The maximum atomic E-state index is 14.6. The Morgan fingerprint density at radius 3 is 2.23 bits per heavy atom. The van der Waals surface area contributed by atoms with Crippen LogP contribution in [0.25, 0.3) is 0 Å². The van der Waals surface area contributed by atoms with Gasteiger partial charge in [-0.3, -0.25) is 0 Å². The number of rotatable bonds is 14. The summed E-state index contributed by atoms with van der Waals surface area (Å²) in [7, 11) is 0. The van der Waals surface area contributed by atoms with Crippen LogP contribution in [0.15, 0.2) is 42.5 Å². The van der Waals surface area contributed by atoms with Crippen molar-refractivity contribution in [3.63, 3.8) is 0 Å². The molecule has 0 saturated heterocycles. The molecule has 0 amide bonds. The number of halogens is 4. The zero-order chi connectivity index (χ0) is 25.1. The van der Waals surface area contributed by atoms with Crippen molar-refractivity contribution in [3.05, 3.63) is 53.6 Å². The molecule has 7 heteroatoms. The van der Waals surface area contributed by atoms with E-state index in [9.17, 15) is 17.6 Å². The Morgan fingerprint density at radius 1 is 0.886 bits per heavy atom. The molecule has 0 aliphatic heterocycles. The first-order chi connectivity index (χ1) is 17.0. The molecule has 0 unspecified atom stereocenters. The lowest BCUT2D eigenvalue weighted by atomic mass is 9.77. The van der Waals surface area contributed by atoms with Gasteiger partial charge in [-0.2, -0.15) is 8.78 Å². The molecule has 0 spiro atoms. The summed E-state index contributed by atoms with van der Waals surface area (Å²) in [5.74, 6) is 1.78. The van der Waals surface area contributed by atoms with Gasteiger partial charge in [0.2, 0.25) is 0 Å². The zero-order valence-electron chi connectivity index (χ0n) is 20.4. The minimum atomic E-state index is -3.41. The third-order valence-electron chi connectivity index (χ3n) is 6.57. The second kappa shape index (κ2) is 13.6. The molecule has 3 rings (SSSR count). The SMILES string of the molecule is CCCC1CCC(c2ccc(OC(F)(F)CCc3cccc(OCCF)c3OCCF)cc2)CC1. The molecule has 1 aliphatic carbocycles. The van der Waals surface area contributed by atoms with Gasteiger partial charge in [0.25, 0.3) is 0 Å². The van der Waals surface area contributed by atoms with E-state index < -0.39 is 25.9 Å². The normalized spacial score (nSPS) is 18.3. The van der Waals surface area contributed by atoms with Crippen molar-refractivity contribution in [1.29, 1.82) is 0 Å². The molecule has 2 aromatic carbocycles. The van der Waals surface area contributed by atoms with Gasteiger partial charge in [0.15, 0.2) is 11.5 Å². The minimum Gasteiger partial charge on any atom is -0.487 e. The predicted molar refractivity (Wildman–Crippen MR) is 129 cm³/mol. The van der Waals surface area contributed by atoms with Gasteiger partial charge in [-0.15, -0.1) is 0 Å². The lowest BCUT2D eigenvalue weighted by Crippen LogP contribution is -2.25. The minimum absolute atomic E-state index is 0.0828. The summed E-state index contributed by atoms with van der Waals surface area (Å²) in [6, 6.07) is 11.8. The van der Waals surface area contributed by atoms with Crippen LogP contribution in [0.3, 0.4) is 0 Å². The van der Waals surface area contributed by atoms with E-state index in [2.05, 4.69) is 6.92 Å². The van der Waals surface area contributed by atoms with Crippen molar-refractivity contribution in [3.8, 4) is 17.2 Å². The highest BCUT2D eigenvalue weighted by molar-refractivity contribution is 5.47. The zero-order valence-corrected chi connectivity index (χ0v) is 20.4. The van der Waals surface area contributed by atoms with Crippen LogP contribution in [0.1, 0.15) is 68.9 Å². The maximum Gasteiger partial charge on any atom is 0.398 e. The average molecular weight is 497 g/mol. The van der Waals surface area contributed by atoms with Gasteiger partial charge in [-0.05, 0) is 73.3 Å². The van der Waals surface area contributed by atoms with Crippen molar-refractivity contribution >= 4 is 0 Å². The molecule has 0 N–H and O–H groups in total. The second-order valence-corrected chi connectivity index (χ2v) is 9.13. The lowest BCUT2D eigenvalue weighted by Gasteiger charge is -2.28. The number of para-hydroxylation sites is 1. The number of hydrogen-bond donors (Lipinski definition) is 0. The van der Waals surface area contributed by atoms with Crippen LogP contribution < -0.4 is 14.2 Å². The Morgan fingerprint density at radius 2 is 1.57 bits per heavy atom. The van der Waals surface area contributed by atoms with E-state index in [-0.39, 0.29) is 36.9 Å². The third kappa shape index (κ3) is 8.32. The first kappa shape index (κ1) is 27.2. The van der Waals surface area contributed by atoms with Gasteiger partial charge in [-0.25, -0.2) is 8.78 Å². The summed E-state index contributed by atoms with van der Waals surface area (Å²) in [5.41, 5.74) is 1.60. The molecule has 0 bridgehead atoms. The van der Waals surface area contributed by atoms with Crippen LogP contribution in [-0.2, 0) is 6.42 Å². The smallest absolute Gasteiger partial charge is 0.398 e. The third-order valence-corrected chi connectivity index (χ3v) is 6.57. The number of hydrogen-bond acceptors (Lipinski definition) is 3. The van der Waals surface area contributed by atoms with Crippen molar-refractivity contribution in [2.45, 2.75) is 70.3 Å². The molecule has 194 valence electrons. The monoisotopic (exact) mass is 496 g/mol. The fourth-order valence-electron chi connectivity index (χ4n) is 4.83. The molecular weight excluding hydrogens is 460 g/mol. The molecule has 35 heavy (non-hydrogen) atoms. The molecule has 0 atom stereocenters. The summed E-state index contributed by atoms with van der Waals surface area (Å²) < 4.78 is 70.1. The molecule has 0 aromatic heterocycles. The summed E-state index contributed by atoms with van der Waals surface area (Å²) in [5, 5.41) is 0. The summed E-state index contributed by atoms with van der Waals surface area (Å²) in [6.45, 7) is 0.317. The fourth-order valence-corrected chi connectivity index (χ4v) is 4.83. The summed E-state index contributed by atoms with van der Waals surface area (Å²) in [6.07, 6.45) is 3.15. The highest BCUT2D eigenvalue weighted by Crippen LogP contribution is 2.39.